The Morgan fingerprint density at radius 2 is 2.00 bits per heavy atom. The molecule has 1 N–H and O–H groups in total. The molecule has 0 aliphatic heterocycles. The maximum absolute atomic E-state index is 12.0. The highest BCUT2D eigenvalue weighted by Gasteiger charge is 2.20. The number of benzene rings is 1. The van der Waals surface area contributed by atoms with Crippen molar-refractivity contribution in [1.29, 1.82) is 5.26 Å². The zero-order valence-corrected chi connectivity index (χ0v) is 12.1. The molecule has 106 valence electrons. The van der Waals surface area contributed by atoms with Crippen LogP contribution in [0.25, 0.3) is 0 Å². The number of hydrogen-bond acceptors (Lipinski definition) is 2. The first-order chi connectivity index (χ1) is 9.72. The lowest BCUT2D eigenvalue weighted by Gasteiger charge is -2.14. The van der Waals surface area contributed by atoms with E-state index in [4.69, 9.17) is 0 Å². The van der Waals surface area contributed by atoms with E-state index in [1.165, 1.54) is 18.4 Å². The molecule has 0 heterocycles. The van der Waals surface area contributed by atoms with Crippen molar-refractivity contribution in [3.8, 4) is 6.07 Å². The van der Waals surface area contributed by atoms with Crippen LogP contribution in [0.5, 0.6) is 0 Å². The summed E-state index contributed by atoms with van der Waals surface area (Å²) in [5.74, 6) is -0.342. The molecule has 1 aliphatic carbocycles. The first-order valence-electron chi connectivity index (χ1n) is 7.50. The van der Waals surface area contributed by atoms with Gasteiger partial charge >= 0.3 is 0 Å². The van der Waals surface area contributed by atoms with Gasteiger partial charge in [-0.1, -0.05) is 44.0 Å². The van der Waals surface area contributed by atoms with Crippen LogP contribution in [0.4, 0.5) is 0 Å². The minimum Gasteiger partial charge on any atom is -0.353 e. The second-order valence-electron chi connectivity index (χ2n) is 5.53. The van der Waals surface area contributed by atoms with E-state index in [0.29, 0.717) is 6.04 Å². The molecule has 1 aliphatic rings. The molecule has 0 radical (unpaired) electrons. The molecular weight excluding hydrogens is 248 g/mol. The zero-order chi connectivity index (χ0) is 14.4. The van der Waals surface area contributed by atoms with Crippen LogP contribution >= 0.6 is 0 Å². The summed E-state index contributed by atoms with van der Waals surface area (Å²) in [5.41, 5.74) is 2.19. The van der Waals surface area contributed by atoms with Crippen LogP contribution in [-0.2, 0) is 11.2 Å². The molecule has 3 heteroatoms. The Bertz CT molecular complexity index is 481. The molecule has 3 nitrogen and oxygen atoms in total. The molecule has 0 saturated heterocycles. The quantitative estimate of drug-likeness (QED) is 0.892. The Labute approximate surface area is 121 Å². The van der Waals surface area contributed by atoms with Gasteiger partial charge in [-0.2, -0.15) is 5.26 Å². The number of amides is 1. The van der Waals surface area contributed by atoms with Gasteiger partial charge in [0.2, 0.25) is 5.91 Å². The smallest absolute Gasteiger partial charge is 0.221 e. The van der Waals surface area contributed by atoms with Gasteiger partial charge < -0.3 is 5.32 Å². The number of carbonyl (C=O) groups is 1. The van der Waals surface area contributed by atoms with Crippen molar-refractivity contribution in [3.63, 3.8) is 0 Å². The normalized spacial score (nSPS) is 16.6. The molecule has 0 bridgehead atoms. The fourth-order valence-electron chi connectivity index (χ4n) is 2.77. The van der Waals surface area contributed by atoms with Crippen LogP contribution < -0.4 is 5.32 Å². The number of hydrogen-bond donors (Lipinski definition) is 1. The number of nitrogens with one attached hydrogen (secondary N) is 1. The van der Waals surface area contributed by atoms with Crippen LogP contribution in [0.1, 0.15) is 56.1 Å². The van der Waals surface area contributed by atoms with Crippen molar-refractivity contribution >= 4 is 5.91 Å². The minimum absolute atomic E-state index is 0.00279. The standard InChI is InChI=1S/C17H22N2O/c1-2-13-7-9-14(10-8-13)15(12-18)11-17(20)19-16-5-3-4-6-16/h7-10,15-16H,2-6,11H2,1H3,(H,19,20). The SMILES string of the molecule is CCc1ccc(C(C#N)CC(=O)NC2CCCC2)cc1. The van der Waals surface area contributed by atoms with E-state index in [1.54, 1.807) is 0 Å². The average Bonchev–Trinajstić information content (AvgIpc) is 2.97. The van der Waals surface area contributed by atoms with Gasteiger partial charge in [0, 0.05) is 12.5 Å². The third-order valence-electron chi connectivity index (χ3n) is 4.06. The summed E-state index contributed by atoms with van der Waals surface area (Å²) < 4.78 is 0. The summed E-state index contributed by atoms with van der Waals surface area (Å²) in [6, 6.07) is 10.6. The van der Waals surface area contributed by atoms with Crippen molar-refractivity contribution in [1.82, 2.24) is 5.32 Å². The molecule has 1 fully saturated rings. The minimum atomic E-state index is -0.345. The zero-order valence-electron chi connectivity index (χ0n) is 12.1. The topological polar surface area (TPSA) is 52.9 Å². The molecule has 1 amide bonds. The Morgan fingerprint density at radius 3 is 2.55 bits per heavy atom. The Balaban J connectivity index is 1.93. The van der Waals surface area contributed by atoms with Crippen LogP contribution in [0.3, 0.4) is 0 Å². The van der Waals surface area contributed by atoms with Crippen LogP contribution in [0, 0.1) is 11.3 Å². The van der Waals surface area contributed by atoms with Crippen molar-refractivity contribution < 1.29 is 4.79 Å². The van der Waals surface area contributed by atoms with Crippen LogP contribution in [0.15, 0.2) is 24.3 Å². The predicted octanol–water partition coefficient (Wildman–Crippen LogP) is 3.31. The van der Waals surface area contributed by atoms with Gasteiger partial charge in [0.05, 0.1) is 12.0 Å². The lowest BCUT2D eigenvalue weighted by molar-refractivity contribution is -0.121. The Morgan fingerprint density at radius 1 is 1.35 bits per heavy atom. The van der Waals surface area contributed by atoms with E-state index in [2.05, 4.69) is 18.3 Å². The summed E-state index contributed by atoms with van der Waals surface area (Å²) in [4.78, 5) is 12.0. The van der Waals surface area contributed by atoms with Gasteiger partial charge in [-0.3, -0.25) is 4.79 Å². The molecule has 20 heavy (non-hydrogen) atoms. The number of nitrogens with zero attached hydrogens (tertiary/aromatic N) is 1. The van der Waals surface area contributed by atoms with Gasteiger partial charge in [-0.05, 0) is 30.4 Å². The fourth-order valence-corrected chi connectivity index (χ4v) is 2.77. The maximum atomic E-state index is 12.0. The predicted molar refractivity (Wildman–Crippen MR) is 79.2 cm³/mol. The second kappa shape index (κ2) is 7.09. The number of aryl methyl sites for hydroxylation is 1. The third kappa shape index (κ3) is 3.84. The summed E-state index contributed by atoms with van der Waals surface area (Å²) >= 11 is 0. The van der Waals surface area contributed by atoms with Gasteiger partial charge in [0.15, 0.2) is 0 Å². The first kappa shape index (κ1) is 14.6. The van der Waals surface area contributed by atoms with Crippen LogP contribution in [0.2, 0.25) is 0 Å². The molecule has 1 unspecified atom stereocenters. The first-order valence-corrected chi connectivity index (χ1v) is 7.50. The lowest BCUT2D eigenvalue weighted by Crippen LogP contribution is -2.33. The molecule has 0 spiro atoms. The molecule has 0 aromatic heterocycles. The summed E-state index contributed by atoms with van der Waals surface area (Å²) in [6.07, 6.45) is 5.80. The lowest BCUT2D eigenvalue weighted by atomic mass is 9.95. The van der Waals surface area contributed by atoms with E-state index in [0.717, 1.165) is 24.8 Å². The van der Waals surface area contributed by atoms with Gasteiger partial charge in [0.1, 0.15) is 0 Å². The Hall–Kier alpha value is -1.82. The maximum Gasteiger partial charge on any atom is 0.221 e. The van der Waals surface area contributed by atoms with Crippen LogP contribution in [-0.4, -0.2) is 11.9 Å². The molecule has 1 saturated carbocycles. The number of rotatable bonds is 5. The molecule has 1 aromatic carbocycles. The van der Waals surface area contributed by atoms with Gasteiger partial charge in [-0.15, -0.1) is 0 Å². The molecule has 2 rings (SSSR count). The molecule has 1 atom stereocenters. The van der Waals surface area contributed by atoms with Crippen molar-refractivity contribution in [2.24, 2.45) is 0 Å². The highest BCUT2D eigenvalue weighted by atomic mass is 16.1. The van der Waals surface area contributed by atoms with Crippen molar-refractivity contribution in [2.75, 3.05) is 0 Å². The van der Waals surface area contributed by atoms with Crippen molar-refractivity contribution in [2.45, 2.75) is 57.4 Å². The summed E-state index contributed by atoms with van der Waals surface area (Å²) in [6.45, 7) is 2.10. The van der Waals surface area contributed by atoms with Crippen molar-refractivity contribution in [3.05, 3.63) is 35.4 Å². The fraction of sp³-hybridized carbons (Fsp3) is 0.529. The van der Waals surface area contributed by atoms with E-state index >= 15 is 0 Å². The average molecular weight is 270 g/mol. The van der Waals surface area contributed by atoms with E-state index in [-0.39, 0.29) is 18.2 Å². The second-order valence-corrected chi connectivity index (χ2v) is 5.53. The monoisotopic (exact) mass is 270 g/mol. The molecular formula is C17H22N2O. The van der Waals surface area contributed by atoms with Gasteiger partial charge in [0.25, 0.3) is 0 Å². The van der Waals surface area contributed by atoms with E-state index < -0.39 is 0 Å². The van der Waals surface area contributed by atoms with Gasteiger partial charge in [-0.25, -0.2) is 0 Å². The van der Waals surface area contributed by atoms with E-state index in [9.17, 15) is 10.1 Å². The highest BCUT2D eigenvalue weighted by Crippen LogP contribution is 2.21. The summed E-state index contributed by atoms with van der Waals surface area (Å²) in [5, 5.41) is 12.3. The third-order valence-corrected chi connectivity index (χ3v) is 4.06. The van der Waals surface area contributed by atoms with E-state index in [1.807, 2.05) is 24.3 Å². The summed E-state index contributed by atoms with van der Waals surface area (Å²) in [7, 11) is 0. The Kier molecular flexibility index (Phi) is 5.17. The largest absolute Gasteiger partial charge is 0.353 e. The molecule has 1 aromatic rings. The number of nitriles is 1. The highest BCUT2D eigenvalue weighted by molar-refractivity contribution is 5.77. The number of carbonyl (C=O) groups excluding carboxylic acids is 1.